The van der Waals surface area contributed by atoms with Gasteiger partial charge >= 0.3 is 13.8 Å². The number of allylic oxidation sites excluding steroid dienone is 18. The quantitative estimate of drug-likeness (QED) is 0.0214. The van der Waals surface area contributed by atoms with Crippen LogP contribution >= 0.6 is 7.82 Å². The first-order valence-corrected chi connectivity index (χ1v) is 27.1. The van der Waals surface area contributed by atoms with Gasteiger partial charge in [0.1, 0.15) is 19.3 Å². The van der Waals surface area contributed by atoms with Crippen molar-refractivity contribution in [3.63, 3.8) is 0 Å². The minimum Gasteiger partial charge on any atom is -0.457 e. The van der Waals surface area contributed by atoms with E-state index in [2.05, 4.69) is 123 Å². The van der Waals surface area contributed by atoms with Crippen LogP contribution in [-0.2, 0) is 27.9 Å². The second-order valence-electron chi connectivity index (χ2n) is 17.8. The Labute approximate surface area is 400 Å². The fraction of sp³-hybridized carbons (Fsp3) is 0.661. The Morgan fingerprint density at radius 1 is 0.492 bits per heavy atom. The number of carbonyl (C=O) groups excluding carboxylic acids is 1. The number of esters is 1. The van der Waals surface area contributed by atoms with Crippen LogP contribution in [0.1, 0.15) is 181 Å². The summed E-state index contributed by atoms with van der Waals surface area (Å²) in [5.41, 5.74) is 0. The Morgan fingerprint density at radius 3 is 1.34 bits per heavy atom. The third kappa shape index (κ3) is 52.0. The minimum absolute atomic E-state index is 0.0722. The van der Waals surface area contributed by atoms with Crippen molar-refractivity contribution >= 4 is 13.8 Å². The summed E-state index contributed by atoms with van der Waals surface area (Å²) < 4.78 is 35.1. The zero-order valence-electron chi connectivity index (χ0n) is 42.2. The molecule has 0 fully saturated rings. The Bertz CT molecular complexity index is 1400. The number of rotatable bonds is 46. The summed E-state index contributed by atoms with van der Waals surface area (Å²) in [7, 11) is 1.62. The highest BCUT2D eigenvalue weighted by Crippen LogP contribution is 2.43. The number of ether oxygens (including phenoxy) is 2. The Hall–Kier alpha value is -2.84. The SMILES string of the molecule is CC/C=C\C/C=C\C/C=C\C/C=C\C/C=C\C/C=C\CCCCCOCC(COP(=O)(O)OCC[N+](C)(C)C)OC(=O)CCCCCCCC/C=C\C/C=C\C/C=C\CCCCCCC. The maximum absolute atomic E-state index is 12.8. The first-order valence-electron chi connectivity index (χ1n) is 25.6. The number of nitrogens with zero attached hydrogens (tertiary/aromatic N) is 1. The summed E-state index contributed by atoms with van der Waals surface area (Å²) in [4.78, 5) is 23.0. The lowest BCUT2D eigenvalue weighted by atomic mass is 10.1. The van der Waals surface area contributed by atoms with Gasteiger partial charge in [-0.05, 0) is 103 Å². The van der Waals surface area contributed by atoms with Gasteiger partial charge in [0, 0.05) is 13.0 Å². The van der Waals surface area contributed by atoms with Crippen molar-refractivity contribution in [1.29, 1.82) is 0 Å². The molecule has 0 spiro atoms. The molecule has 0 aromatic rings. The average Bonchev–Trinajstić information content (AvgIpc) is 3.27. The number of quaternary nitrogens is 1. The van der Waals surface area contributed by atoms with E-state index in [1.165, 1.54) is 51.4 Å². The van der Waals surface area contributed by atoms with Gasteiger partial charge < -0.3 is 18.9 Å². The van der Waals surface area contributed by atoms with Crippen molar-refractivity contribution in [2.75, 3.05) is 54.1 Å². The third-order valence-electron chi connectivity index (χ3n) is 10.3. The van der Waals surface area contributed by atoms with Crippen LogP contribution in [0.4, 0.5) is 0 Å². The van der Waals surface area contributed by atoms with Crippen LogP contribution in [0, 0.1) is 0 Å². The van der Waals surface area contributed by atoms with E-state index >= 15 is 0 Å². The van der Waals surface area contributed by atoms with Crippen molar-refractivity contribution in [1.82, 2.24) is 0 Å². The molecule has 0 radical (unpaired) electrons. The average molecular weight is 927 g/mol. The monoisotopic (exact) mass is 927 g/mol. The molecule has 65 heavy (non-hydrogen) atoms. The Morgan fingerprint density at radius 2 is 0.892 bits per heavy atom. The van der Waals surface area contributed by atoms with E-state index in [9.17, 15) is 14.3 Å². The standard InChI is InChI=1S/C56H96NO7P/c1-6-8-10-12-14-16-18-20-22-24-26-28-30-32-34-36-38-40-42-44-46-48-51-61-53-55(54-63-65(59,60)62-52-50-57(3,4)5)64-56(58)49-47-45-43-41-39-37-35-33-31-29-27-25-23-21-19-17-15-13-11-9-7-2/h8,10,14,16,19-22,25-28,31-34,38,40,55H,6-7,9,11-13,15,17-18,23-24,29-30,35-37,39,41-54H2,1-5H3/p+1/b10-8-,16-14-,21-19-,22-20-,27-25-,28-26-,33-31-,34-32-,40-38-. The first-order chi connectivity index (χ1) is 31.6. The predicted octanol–water partition coefficient (Wildman–Crippen LogP) is 15.9. The van der Waals surface area contributed by atoms with E-state index in [0.717, 1.165) is 109 Å². The van der Waals surface area contributed by atoms with Crippen molar-refractivity contribution in [2.24, 2.45) is 0 Å². The number of likely N-dealkylation sites (N-methyl/N-ethyl adjacent to an activating group) is 1. The van der Waals surface area contributed by atoms with Gasteiger partial charge in [0.2, 0.25) is 0 Å². The lowest BCUT2D eigenvalue weighted by Gasteiger charge is -2.24. The molecule has 0 rings (SSSR count). The molecule has 0 aliphatic heterocycles. The van der Waals surface area contributed by atoms with Crippen LogP contribution < -0.4 is 0 Å². The van der Waals surface area contributed by atoms with Crippen LogP contribution in [-0.4, -0.2) is 75.6 Å². The fourth-order valence-corrected chi connectivity index (χ4v) is 7.13. The smallest absolute Gasteiger partial charge is 0.457 e. The van der Waals surface area contributed by atoms with E-state index in [4.69, 9.17) is 18.5 Å². The van der Waals surface area contributed by atoms with E-state index in [1.54, 1.807) is 0 Å². The molecular formula is C56H97NO7P+. The highest BCUT2D eigenvalue weighted by atomic mass is 31.2. The lowest BCUT2D eigenvalue weighted by Crippen LogP contribution is -2.37. The largest absolute Gasteiger partial charge is 0.472 e. The Balaban J connectivity index is 4.29. The van der Waals surface area contributed by atoms with Crippen molar-refractivity contribution in [3.05, 3.63) is 109 Å². The number of phosphoric ester groups is 1. The molecule has 0 saturated carbocycles. The van der Waals surface area contributed by atoms with Crippen molar-refractivity contribution in [3.8, 4) is 0 Å². The summed E-state index contributed by atoms with van der Waals surface area (Å²) in [6.45, 7) is 5.37. The maximum Gasteiger partial charge on any atom is 0.472 e. The second-order valence-corrected chi connectivity index (χ2v) is 19.3. The van der Waals surface area contributed by atoms with Gasteiger partial charge in [-0.15, -0.1) is 0 Å². The highest BCUT2D eigenvalue weighted by molar-refractivity contribution is 7.47. The zero-order chi connectivity index (χ0) is 47.6. The summed E-state index contributed by atoms with van der Waals surface area (Å²) in [5, 5.41) is 0. The lowest BCUT2D eigenvalue weighted by molar-refractivity contribution is -0.870. The van der Waals surface area contributed by atoms with Gasteiger partial charge in [0.15, 0.2) is 0 Å². The van der Waals surface area contributed by atoms with E-state index < -0.39 is 13.9 Å². The van der Waals surface area contributed by atoms with Crippen LogP contribution in [0.25, 0.3) is 0 Å². The number of hydrogen-bond donors (Lipinski definition) is 1. The normalized spacial score (nSPS) is 14.5. The first kappa shape index (κ1) is 62.2. The van der Waals surface area contributed by atoms with Crippen LogP contribution in [0.2, 0.25) is 0 Å². The molecule has 0 aromatic carbocycles. The van der Waals surface area contributed by atoms with Gasteiger partial charge in [-0.25, -0.2) is 4.57 Å². The fourth-order valence-electron chi connectivity index (χ4n) is 6.39. The van der Waals surface area contributed by atoms with Gasteiger partial charge in [0.25, 0.3) is 0 Å². The molecule has 0 amide bonds. The molecule has 2 atom stereocenters. The summed E-state index contributed by atoms with van der Waals surface area (Å²) >= 11 is 0. The highest BCUT2D eigenvalue weighted by Gasteiger charge is 2.26. The summed E-state index contributed by atoms with van der Waals surface area (Å²) in [6, 6.07) is 0. The van der Waals surface area contributed by atoms with Crippen LogP contribution in [0.15, 0.2) is 109 Å². The van der Waals surface area contributed by atoms with Crippen LogP contribution in [0.5, 0.6) is 0 Å². The second kappa shape index (κ2) is 47.6. The molecular weight excluding hydrogens is 830 g/mol. The maximum atomic E-state index is 12.8. The van der Waals surface area contributed by atoms with E-state index in [0.29, 0.717) is 24.1 Å². The number of hydrogen-bond acceptors (Lipinski definition) is 6. The molecule has 8 nitrogen and oxygen atoms in total. The summed E-state index contributed by atoms with van der Waals surface area (Å²) in [5.74, 6) is -0.342. The molecule has 0 aliphatic rings. The number of unbranched alkanes of at least 4 members (excludes halogenated alkanes) is 14. The van der Waals surface area contributed by atoms with Crippen molar-refractivity contribution in [2.45, 2.75) is 187 Å². The van der Waals surface area contributed by atoms with Gasteiger partial charge in [-0.3, -0.25) is 13.8 Å². The van der Waals surface area contributed by atoms with E-state index in [1.807, 2.05) is 21.1 Å². The summed E-state index contributed by atoms with van der Waals surface area (Å²) in [6.07, 6.45) is 67.1. The van der Waals surface area contributed by atoms with Crippen LogP contribution in [0.3, 0.4) is 0 Å². The molecule has 9 heteroatoms. The molecule has 0 heterocycles. The molecule has 372 valence electrons. The van der Waals surface area contributed by atoms with Gasteiger partial charge in [0.05, 0.1) is 34.4 Å². The predicted molar refractivity (Wildman–Crippen MR) is 279 cm³/mol. The number of carbonyl (C=O) groups is 1. The minimum atomic E-state index is -4.30. The van der Waals surface area contributed by atoms with Gasteiger partial charge in [-0.1, -0.05) is 181 Å². The number of phosphoric acid groups is 1. The Kier molecular flexibility index (Phi) is 45.6. The zero-order valence-corrected chi connectivity index (χ0v) is 43.1. The topological polar surface area (TPSA) is 91.3 Å². The van der Waals surface area contributed by atoms with Gasteiger partial charge in [-0.2, -0.15) is 0 Å². The molecule has 0 aromatic heterocycles. The molecule has 2 unspecified atom stereocenters. The molecule has 0 bridgehead atoms. The molecule has 1 N–H and O–H groups in total. The third-order valence-corrected chi connectivity index (χ3v) is 11.3. The molecule has 0 saturated heterocycles. The van der Waals surface area contributed by atoms with E-state index in [-0.39, 0.29) is 25.8 Å². The van der Waals surface area contributed by atoms with Crippen molar-refractivity contribution < 1.29 is 37.3 Å². The molecule has 0 aliphatic carbocycles.